The Morgan fingerprint density at radius 3 is 1.57 bits per heavy atom. The largest absolute Gasteiger partial charge is 0.455 e. The summed E-state index contributed by atoms with van der Waals surface area (Å²) in [4.78, 5) is 0. The van der Waals surface area contributed by atoms with Crippen molar-refractivity contribution in [3.05, 3.63) is 170 Å². The van der Waals surface area contributed by atoms with Gasteiger partial charge >= 0.3 is 0 Å². The van der Waals surface area contributed by atoms with Crippen LogP contribution < -0.4 is 0 Å². The van der Waals surface area contributed by atoms with Gasteiger partial charge in [-0.05, 0) is 77.0 Å². The van der Waals surface area contributed by atoms with E-state index < -0.39 is 24.2 Å². The molecule has 0 aliphatic rings. The molecular weight excluding hydrogens is 569 g/mol. The number of rotatable bonds is 3. The molecule has 0 spiro atoms. The minimum absolute atomic E-state index is 0.168. The van der Waals surface area contributed by atoms with Gasteiger partial charge in [0.25, 0.3) is 0 Å². The number of hydrogen-bond donors (Lipinski definition) is 0. The van der Waals surface area contributed by atoms with Crippen LogP contribution in [0.25, 0.3) is 98.4 Å². The Hall–Kier alpha value is -6.18. The minimum Gasteiger partial charge on any atom is -0.455 e. The first-order valence-electron chi connectivity index (χ1n) is 19.5. The summed E-state index contributed by atoms with van der Waals surface area (Å²) in [6.45, 7) is 0. The Labute approximate surface area is 283 Å². The molecule has 0 N–H and O–H groups in total. The number of benzene rings is 9. The fraction of sp³-hybridized carbons (Fsp3) is 0. The van der Waals surface area contributed by atoms with Crippen LogP contribution in [0.2, 0.25) is 0 Å². The maximum atomic E-state index is 9.49. The molecule has 1 nitrogen and oxygen atoms in total. The van der Waals surface area contributed by atoms with Gasteiger partial charge in [0.15, 0.2) is 0 Å². The van der Waals surface area contributed by atoms with Crippen LogP contribution >= 0.6 is 0 Å². The molecule has 47 heavy (non-hydrogen) atoms. The molecule has 1 heterocycles. The second-order valence-electron chi connectivity index (χ2n) is 11.8. The fourth-order valence-corrected chi connectivity index (χ4v) is 7.32. The normalized spacial score (nSPS) is 14.2. The zero-order valence-electron chi connectivity index (χ0n) is 33.0. The third-order valence-corrected chi connectivity index (χ3v) is 9.31. The lowest BCUT2D eigenvalue weighted by Gasteiger charge is -2.20. The molecule has 10 aromatic rings. The summed E-state index contributed by atoms with van der Waals surface area (Å²) < 4.78 is 80.0. The van der Waals surface area contributed by atoms with Crippen LogP contribution in [-0.4, -0.2) is 0 Å². The van der Waals surface area contributed by atoms with Gasteiger partial charge in [0.2, 0.25) is 0 Å². The molecule has 1 aromatic heterocycles. The fourth-order valence-electron chi connectivity index (χ4n) is 7.32. The zero-order chi connectivity index (χ0) is 37.9. The first-order valence-corrected chi connectivity index (χ1v) is 15.5. The van der Waals surface area contributed by atoms with Crippen LogP contribution in [0.15, 0.2) is 174 Å². The summed E-state index contributed by atoms with van der Waals surface area (Å²) >= 11 is 0. The van der Waals surface area contributed by atoms with Crippen molar-refractivity contribution in [2.24, 2.45) is 0 Å². The standard InChI is InChI=1S/C46H28O/c1-3-16-31-29(13-1)15-11-24-34(31)43-36-20-7-9-22-38(36)44(39-23-10-8-21-37(39)43)35-19-6-5-18-33(35)40-25-12-26-41-45-32-17-4-2-14-30(32)27-28-42(45)47-46(40)41/h1-28H/i7D,8D,9D,10D,20D,21D,22D,23D. The van der Waals surface area contributed by atoms with Crippen molar-refractivity contribution in [3.63, 3.8) is 0 Å². The summed E-state index contributed by atoms with van der Waals surface area (Å²) in [5.41, 5.74) is 4.52. The average molecular weight is 605 g/mol. The summed E-state index contributed by atoms with van der Waals surface area (Å²) in [7, 11) is 0. The summed E-state index contributed by atoms with van der Waals surface area (Å²) in [6.07, 6.45) is 0. The molecule has 0 radical (unpaired) electrons. The van der Waals surface area contributed by atoms with Crippen molar-refractivity contribution in [2.75, 3.05) is 0 Å². The number of para-hydroxylation sites is 1. The highest BCUT2D eigenvalue weighted by Gasteiger charge is 2.21. The van der Waals surface area contributed by atoms with Gasteiger partial charge in [0.05, 0.1) is 11.0 Å². The summed E-state index contributed by atoms with van der Waals surface area (Å²) in [6, 6.07) is 35.9. The van der Waals surface area contributed by atoms with Crippen LogP contribution in [0.4, 0.5) is 0 Å². The molecule has 0 saturated carbocycles. The van der Waals surface area contributed by atoms with Crippen LogP contribution in [-0.2, 0) is 0 Å². The van der Waals surface area contributed by atoms with E-state index in [4.69, 9.17) is 9.90 Å². The average Bonchev–Trinajstić information content (AvgIpc) is 3.62. The molecule has 1 heteroatoms. The molecule has 0 fully saturated rings. The van der Waals surface area contributed by atoms with Crippen LogP contribution in [0.5, 0.6) is 0 Å². The van der Waals surface area contributed by atoms with E-state index in [1.54, 1.807) is 0 Å². The van der Waals surface area contributed by atoms with Crippen molar-refractivity contribution in [1.82, 2.24) is 0 Å². The molecule has 0 amide bonds. The van der Waals surface area contributed by atoms with Gasteiger partial charge < -0.3 is 4.42 Å². The maximum Gasteiger partial charge on any atom is 0.143 e. The Bertz CT molecular complexity index is 3220. The van der Waals surface area contributed by atoms with Crippen LogP contribution in [0.1, 0.15) is 11.0 Å². The van der Waals surface area contributed by atoms with Gasteiger partial charge in [-0.1, -0.05) is 164 Å². The number of fused-ring (bicyclic) bond motifs is 8. The van der Waals surface area contributed by atoms with Gasteiger partial charge in [-0.15, -0.1) is 0 Å². The minimum atomic E-state index is -0.438. The quantitative estimate of drug-likeness (QED) is 0.183. The maximum absolute atomic E-state index is 9.49. The van der Waals surface area contributed by atoms with E-state index in [-0.39, 0.29) is 45.7 Å². The predicted molar refractivity (Wildman–Crippen MR) is 200 cm³/mol. The first kappa shape index (κ1) is 19.4. The van der Waals surface area contributed by atoms with E-state index >= 15 is 0 Å². The lowest BCUT2D eigenvalue weighted by molar-refractivity contribution is 0.670. The van der Waals surface area contributed by atoms with E-state index in [2.05, 4.69) is 12.1 Å². The molecule has 0 aliphatic carbocycles. The highest BCUT2D eigenvalue weighted by molar-refractivity contribution is 6.25. The van der Waals surface area contributed by atoms with E-state index in [1.807, 2.05) is 109 Å². The lowest BCUT2D eigenvalue weighted by atomic mass is 9.83. The molecular formula is C46H28O. The third-order valence-electron chi connectivity index (χ3n) is 9.31. The zero-order valence-corrected chi connectivity index (χ0v) is 25.0. The molecule has 10 rings (SSSR count). The van der Waals surface area contributed by atoms with Crippen molar-refractivity contribution in [1.29, 1.82) is 0 Å². The SMILES string of the molecule is [2H]c1c([2H])c([2H])c2c(-c3cccc4ccccc34)c3c([2H])c([2H])c([2H])c([2H])c3c(-c3ccccc3-c3cccc4c3oc3ccc5ccccc5c34)c2c1[2H]. The monoisotopic (exact) mass is 604 g/mol. The number of furan rings is 1. The summed E-state index contributed by atoms with van der Waals surface area (Å²) in [5, 5.41) is 6.37. The smallest absolute Gasteiger partial charge is 0.143 e. The van der Waals surface area contributed by atoms with Gasteiger partial charge in [0.1, 0.15) is 11.2 Å². The van der Waals surface area contributed by atoms with Crippen molar-refractivity contribution in [3.8, 4) is 33.4 Å². The lowest BCUT2D eigenvalue weighted by Crippen LogP contribution is -1.93. The van der Waals surface area contributed by atoms with Gasteiger partial charge in [-0.2, -0.15) is 0 Å². The molecule has 0 bridgehead atoms. The first-order chi connectivity index (χ1) is 26.7. The van der Waals surface area contributed by atoms with Crippen LogP contribution in [0.3, 0.4) is 0 Å². The third kappa shape index (κ3) is 3.84. The Kier molecular flexibility index (Phi) is 4.19. The van der Waals surface area contributed by atoms with Gasteiger partial charge in [-0.3, -0.25) is 0 Å². The van der Waals surface area contributed by atoms with Gasteiger partial charge in [-0.25, -0.2) is 0 Å². The second-order valence-corrected chi connectivity index (χ2v) is 11.8. The van der Waals surface area contributed by atoms with E-state index in [9.17, 15) is 5.48 Å². The number of hydrogen-bond acceptors (Lipinski definition) is 1. The molecule has 218 valence electrons. The Morgan fingerprint density at radius 2 is 0.851 bits per heavy atom. The highest BCUT2D eigenvalue weighted by atomic mass is 16.3. The van der Waals surface area contributed by atoms with E-state index in [0.29, 0.717) is 33.4 Å². The topological polar surface area (TPSA) is 13.1 Å². The Morgan fingerprint density at radius 1 is 0.362 bits per heavy atom. The van der Waals surface area contributed by atoms with Crippen molar-refractivity contribution < 1.29 is 15.4 Å². The van der Waals surface area contributed by atoms with Gasteiger partial charge in [0, 0.05) is 16.3 Å². The summed E-state index contributed by atoms with van der Waals surface area (Å²) in [5.74, 6) is 0. The van der Waals surface area contributed by atoms with E-state index in [0.717, 1.165) is 43.5 Å². The van der Waals surface area contributed by atoms with Crippen molar-refractivity contribution >= 4 is 65.0 Å². The molecule has 0 saturated heterocycles. The Balaban J connectivity index is 1.43. The second kappa shape index (κ2) is 10.2. The molecule has 9 aromatic carbocycles. The molecule has 0 atom stereocenters. The molecule has 0 unspecified atom stereocenters. The molecule has 0 aliphatic heterocycles. The van der Waals surface area contributed by atoms with Crippen LogP contribution in [0, 0.1) is 0 Å². The predicted octanol–water partition coefficient (Wildman–Crippen LogP) is 13.2. The van der Waals surface area contributed by atoms with E-state index in [1.165, 1.54) is 0 Å². The highest BCUT2D eigenvalue weighted by Crippen LogP contribution is 2.48. The van der Waals surface area contributed by atoms with Crippen molar-refractivity contribution in [2.45, 2.75) is 0 Å².